The van der Waals surface area contributed by atoms with E-state index in [2.05, 4.69) is 0 Å². The number of hydrogen-bond acceptors (Lipinski definition) is 1. The summed E-state index contributed by atoms with van der Waals surface area (Å²) in [7, 11) is 0. The summed E-state index contributed by atoms with van der Waals surface area (Å²) in [6, 6.07) is 0.600. The van der Waals surface area contributed by atoms with Crippen LogP contribution in [-0.4, -0.2) is 6.04 Å². The first-order valence-corrected chi connectivity index (χ1v) is 4.57. The van der Waals surface area contributed by atoms with E-state index in [4.69, 9.17) is 5.73 Å². The van der Waals surface area contributed by atoms with Crippen molar-refractivity contribution in [1.82, 2.24) is 0 Å². The van der Waals surface area contributed by atoms with Gasteiger partial charge in [-0.3, -0.25) is 0 Å². The van der Waals surface area contributed by atoms with Gasteiger partial charge in [0.15, 0.2) is 0 Å². The smallest absolute Gasteiger partial charge is 0.0101 e. The molecule has 3 fully saturated rings. The lowest BCUT2D eigenvalue weighted by molar-refractivity contribution is 0.287. The Morgan fingerprint density at radius 3 is 2.90 bits per heavy atom. The molecule has 3 aliphatic carbocycles. The van der Waals surface area contributed by atoms with Crippen molar-refractivity contribution in [3.63, 3.8) is 0 Å². The van der Waals surface area contributed by atoms with Gasteiger partial charge in [-0.15, -0.1) is 0 Å². The number of nitrogens with two attached hydrogens (primary N) is 1. The maximum absolute atomic E-state index is 6.10. The maximum atomic E-state index is 6.10. The molecule has 4 unspecified atom stereocenters. The summed E-state index contributed by atoms with van der Waals surface area (Å²) in [5.74, 6) is 1.88. The average molecular weight is 137 g/mol. The third-order valence-corrected chi connectivity index (χ3v) is 4.18. The van der Waals surface area contributed by atoms with Gasteiger partial charge < -0.3 is 5.73 Å². The highest BCUT2D eigenvalue weighted by Crippen LogP contribution is 2.70. The Hall–Kier alpha value is -0.0400. The van der Waals surface area contributed by atoms with E-state index < -0.39 is 0 Å². The van der Waals surface area contributed by atoms with Gasteiger partial charge in [0, 0.05) is 6.04 Å². The first-order chi connectivity index (χ1) is 4.82. The van der Waals surface area contributed by atoms with E-state index in [1.165, 1.54) is 32.1 Å². The predicted molar refractivity (Wildman–Crippen MR) is 40.5 cm³/mol. The lowest BCUT2D eigenvalue weighted by Gasteiger charge is -2.24. The summed E-state index contributed by atoms with van der Waals surface area (Å²) in [6.07, 6.45) is 7.36. The van der Waals surface area contributed by atoms with Crippen LogP contribution in [-0.2, 0) is 0 Å². The minimum absolute atomic E-state index is 0.600. The highest BCUT2D eigenvalue weighted by molar-refractivity contribution is 5.16. The minimum atomic E-state index is 0.600. The van der Waals surface area contributed by atoms with Gasteiger partial charge in [-0.1, -0.05) is 6.42 Å². The van der Waals surface area contributed by atoms with Crippen molar-refractivity contribution < 1.29 is 0 Å². The van der Waals surface area contributed by atoms with E-state index in [1.54, 1.807) is 0 Å². The quantitative estimate of drug-likeness (QED) is 0.538. The molecule has 0 heterocycles. The minimum Gasteiger partial charge on any atom is -0.327 e. The molecule has 0 amide bonds. The van der Waals surface area contributed by atoms with Crippen molar-refractivity contribution in [2.45, 2.75) is 38.1 Å². The fourth-order valence-electron chi connectivity index (χ4n) is 3.55. The maximum Gasteiger partial charge on any atom is 0.0101 e. The van der Waals surface area contributed by atoms with E-state index >= 15 is 0 Å². The molecule has 0 aromatic carbocycles. The van der Waals surface area contributed by atoms with Gasteiger partial charge in [-0.2, -0.15) is 0 Å². The standard InChI is InChI=1S/C9H15N/c10-8-6-2-1-3-9(4-6)5-7(8)9/h6-8H,1-5,10H2. The molecule has 2 bridgehead atoms. The molecule has 3 rings (SSSR count). The normalized spacial score (nSPS) is 63.9. The zero-order valence-electron chi connectivity index (χ0n) is 6.34. The van der Waals surface area contributed by atoms with Crippen LogP contribution in [0.4, 0.5) is 0 Å². The van der Waals surface area contributed by atoms with Crippen LogP contribution in [0.3, 0.4) is 0 Å². The van der Waals surface area contributed by atoms with Crippen LogP contribution < -0.4 is 5.73 Å². The van der Waals surface area contributed by atoms with Crippen LogP contribution in [0, 0.1) is 17.3 Å². The van der Waals surface area contributed by atoms with Crippen molar-refractivity contribution in [3.05, 3.63) is 0 Å². The molecule has 10 heavy (non-hydrogen) atoms. The third-order valence-electron chi connectivity index (χ3n) is 4.18. The zero-order chi connectivity index (χ0) is 6.77. The van der Waals surface area contributed by atoms with Crippen LogP contribution in [0.5, 0.6) is 0 Å². The van der Waals surface area contributed by atoms with Gasteiger partial charge in [0.2, 0.25) is 0 Å². The second-order valence-corrected chi connectivity index (χ2v) is 4.61. The van der Waals surface area contributed by atoms with E-state index in [-0.39, 0.29) is 0 Å². The third kappa shape index (κ3) is 0.460. The summed E-state index contributed by atoms with van der Waals surface area (Å²) >= 11 is 0. The van der Waals surface area contributed by atoms with Crippen molar-refractivity contribution >= 4 is 0 Å². The molecule has 0 aliphatic heterocycles. The van der Waals surface area contributed by atoms with Crippen LogP contribution >= 0.6 is 0 Å². The zero-order valence-corrected chi connectivity index (χ0v) is 6.34. The molecule has 0 saturated heterocycles. The first kappa shape index (κ1) is 5.59. The van der Waals surface area contributed by atoms with Crippen LogP contribution in [0.25, 0.3) is 0 Å². The average Bonchev–Trinajstić information content (AvgIpc) is 2.58. The predicted octanol–water partition coefficient (Wildman–Crippen LogP) is 1.52. The molecule has 4 atom stereocenters. The lowest BCUT2D eigenvalue weighted by atomic mass is 9.83. The van der Waals surface area contributed by atoms with E-state index in [0.717, 1.165) is 17.3 Å². The summed E-state index contributed by atoms with van der Waals surface area (Å²) in [5.41, 5.74) is 6.91. The van der Waals surface area contributed by atoms with Crippen molar-refractivity contribution in [2.24, 2.45) is 23.0 Å². The molecule has 0 aromatic heterocycles. The molecule has 2 N–H and O–H groups in total. The summed E-state index contributed by atoms with van der Waals surface area (Å²) < 4.78 is 0. The first-order valence-electron chi connectivity index (χ1n) is 4.57. The van der Waals surface area contributed by atoms with E-state index in [1.807, 2.05) is 0 Å². The summed E-state index contributed by atoms with van der Waals surface area (Å²) in [5, 5.41) is 0. The second-order valence-electron chi connectivity index (χ2n) is 4.61. The largest absolute Gasteiger partial charge is 0.327 e. The Labute approximate surface area is 62.0 Å². The van der Waals surface area contributed by atoms with Crippen molar-refractivity contribution in [2.75, 3.05) is 0 Å². The van der Waals surface area contributed by atoms with Crippen LogP contribution in [0.1, 0.15) is 32.1 Å². The Morgan fingerprint density at radius 1 is 1.30 bits per heavy atom. The fraction of sp³-hybridized carbons (Fsp3) is 1.00. The molecule has 3 saturated carbocycles. The number of fused-ring (bicyclic) bond motifs is 1. The van der Waals surface area contributed by atoms with E-state index in [9.17, 15) is 0 Å². The summed E-state index contributed by atoms with van der Waals surface area (Å²) in [6.45, 7) is 0. The van der Waals surface area contributed by atoms with Gasteiger partial charge in [0.1, 0.15) is 0 Å². The topological polar surface area (TPSA) is 26.0 Å². The monoisotopic (exact) mass is 137 g/mol. The lowest BCUT2D eigenvalue weighted by Crippen LogP contribution is -2.28. The molecule has 1 heteroatoms. The molecule has 3 aliphatic rings. The van der Waals surface area contributed by atoms with Crippen LogP contribution in [0.2, 0.25) is 0 Å². The highest BCUT2D eigenvalue weighted by atomic mass is 14.8. The Morgan fingerprint density at radius 2 is 2.20 bits per heavy atom. The molecular formula is C9H15N. The molecule has 1 nitrogen and oxygen atoms in total. The molecule has 1 spiro atoms. The molecule has 56 valence electrons. The fourth-order valence-corrected chi connectivity index (χ4v) is 3.55. The Bertz CT molecular complexity index is 174. The van der Waals surface area contributed by atoms with E-state index in [0.29, 0.717) is 6.04 Å². The number of hydrogen-bond donors (Lipinski definition) is 1. The van der Waals surface area contributed by atoms with Crippen LogP contribution in [0.15, 0.2) is 0 Å². The summed E-state index contributed by atoms with van der Waals surface area (Å²) in [4.78, 5) is 0. The van der Waals surface area contributed by atoms with Crippen molar-refractivity contribution in [3.8, 4) is 0 Å². The second kappa shape index (κ2) is 1.42. The SMILES string of the molecule is NC1C2CCCC3(C2)CC13. The number of rotatable bonds is 0. The molecule has 0 aromatic rings. The molecule has 0 radical (unpaired) electrons. The van der Waals surface area contributed by atoms with Crippen molar-refractivity contribution in [1.29, 1.82) is 0 Å². The van der Waals surface area contributed by atoms with Gasteiger partial charge in [-0.25, -0.2) is 0 Å². The Kier molecular flexibility index (Phi) is 0.797. The van der Waals surface area contributed by atoms with Gasteiger partial charge in [0.05, 0.1) is 0 Å². The van der Waals surface area contributed by atoms with Gasteiger partial charge in [0.25, 0.3) is 0 Å². The van der Waals surface area contributed by atoms with Gasteiger partial charge >= 0.3 is 0 Å². The Balaban J connectivity index is 1.96. The highest BCUT2D eigenvalue weighted by Gasteiger charge is 2.64. The van der Waals surface area contributed by atoms with Gasteiger partial charge in [-0.05, 0) is 42.9 Å². The molecular weight excluding hydrogens is 122 g/mol.